The van der Waals surface area contributed by atoms with Crippen molar-refractivity contribution in [1.29, 1.82) is 0 Å². The van der Waals surface area contributed by atoms with Gasteiger partial charge < -0.3 is 10.1 Å². The second-order valence-electron chi connectivity index (χ2n) is 7.98. The lowest BCUT2D eigenvalue weighted by atomic mass is 9.89. The SMILES string of the molecule is Cc1ccc2c(c1)[C@H](NC(=O)CN(c1cccc(F)c1)S(C)(=O)=O)CC(C)(C)O2. The molecule has 1 aliphatic heterocycles. The Kier molecular flexibility index (Phi) is 5.58. The Morgan fingerprint density at radius 2 is 2.00 bits per heavy atom. The fraction of sp³-hybridized carbons (Fsp3) is 0.381. The number of aryl methyl sites for hydroxylation is 1. The van der Waals surface area contributed by atoms with Crippen LogP contribution in [0.15, 0.2) is 42.5 Å². The van der Waals surface area contributed by atoms with E-state index in [0.717, 1.165) is 27.8 Å². The lowest BCUT2D eigenvalue weighted by Gasteiger charge is -2.38. The Labute approximate surface area is 170 Å². The van der Waals surface area contributed by atoms with Crippen LogP contribution in [0.25, 0.3) is 0 Å². The molecule has 1 atom stereocenters. The molecule has 1 amide bonds. The minimum Gasteiger partial charge on any atom is -0.487 e. The van der Waals surface area contributed by atoms with E-state index in [9.17, 15) is 17.6 Å². The molecule has 0 aliphatic carbocycles. The summed E-state index contributed by atoms with van der Waals surface area (Å²) in [5, 5.41) is 2.93. The first-order valence-corrected chi connectivity index (χ1v) is 11.1. The number of halogens is 1. The van der Waals surface area contributed by atoms with Crippen molar-refractivity contribution in [3.63, 3.8) is 0 Å². The van der Waals surface area contributed by atoms with Gasteiger partial charge in [-0.15, -0.1) is 0 Å². The van der Waals surface area contributed by atoms with Gasteiger partial charge in [0.25, 0.3) is 0 Å². The van der Waals surface area contributed by atoms with E-state index < -0.39 is 33.9 Å². The maximum atomic E-state index is 13.6. The van der Waals surface area contributed by atoms with Crippen molar-refractivity contribution in [1.82, 2.24) is 5.32 Å². The normalized spacial score (nSPS) is 17.8. The summed E-state index contributed by atoms with van der Waals surface area (Å²) in [6.45, 7) is 5.38. The van der Waals surface area contributed by atoms with Crippen LogP contribution in [0.4, 0.5) is 10.1 Å². The van der Waals surface area contributed by atoms with Gasteiger partial charge in [-0.2, -0.15) is 0 Å². The molecule has 8 heteroatoms. The van der Waals surface area contributed by atoms with Crippen LogP contribution in [0.2, 0.25) is 0 Å². The predicted octanol–water partition coefficient (Wildman–Crippen LogP) is 3.32. The van der Waals surface area contributed by atoms with Crippen molar-refractivity contribution in [3.8, 4) is 5.75 Å². The summed E-state index contributed by atoms with van der Waals surface area (Å²) in [5.74, 6) is -0.357. The van der Waals surface area contributed by atoms with E-state index in [-0.39, 0.29) is 11.7 Å². The van der Waals surface area contributed by atoms with Crippen LogP contribution in [-0.4, -0.2) is 32.7 Å². The Hall–Kier alpha value is -2.61. The Bertz CT molecular complexity index is 1040. The molecule has 0 fully saturated rings. The fourth-order valence-electron chi connectivity index (χ4n) is 3.50. The van der Waals surface area contributed by atoms with Crippen LogP contribution in [-0.2, 0) is 14.8 Å². The molecule has 3 rings (SSSR count). The summed E-state index contributed by atoms with van der Waals surface area (Å²) < 4.78 is 44.9. The molecule has 0 aromatic heterocycles. The van der Waals surface area contributed by atoms with E-state index >= 15 is 0 Å². The highest BCUT2D eigenvalue weighted by atomic mass is 32.2. The van der Waals surface area contributed by atoms with Crippen molar-refractivity contribution < 1.29 is 22.3 Å². The number of amides is 1. The highest BCUT2D eigenvalue weighted by Gasteiger charge is 2.35. The summed E-state index contributed by atoms with van der Waals surface area (Å²) >= 11 is 0. The predicted molar refractivity (Wildman–Crippen MR) is 110 cm³/mol. The molecule has 1 aliphatic rings. The molecule has 6 nitrogen and oxygen atoms in total. The summed E-state index contributed by atoms with van der Waals surface area (Å²) in [4.78, 5) is 12.8. The first kappa shape index (κ1) is 21.1. The minimum absolute atomic E-state index is 0.103. The molecule has 2 aromatic rings. The van der Waals surface area contributed by atoms with Gasteiger partial charge in [0.15, 0.2) is 0 Å². The van der Waals surface area contributed by atoms with Gasteiger partial charge in [-0.1, -0.05) is 23.8 Å². The molecular weight excluding hydrogens is 395 g/mol. The highest BCUT2D eigenvalue weighted by Crippen LogP contribution is 2.39. The highest BCUT2D eigenvalue weighted by molar-refractivity contribution is 7.92. The second kappa shape index (κ2) is 7.67. The van der Waals surface area contributed by atoms with Crippen molar-refractivity contribution in [2.75, 3.05) is 17.1 Å². The van der Waals surface area contributed by atoms with E-state index in [4.69, 9.17) is 4.74 Å². The van der Waals surface area contributed by atoms with E-state index in [1.165, 1.54) is 18.2 Å². The molecule has 29 heavy (non-hydrogen) atoms. The van der Waals surface area contributed by atoms with Crippen LogP contribution >= 0.6 is 0 Å². The first-order valence-electron chi connectivity index (χ1n) is 9.27. The average Bonchev–Trinajstić information content (AvgIpc) is 2.58. The van der Waals surface area contributed by atoms with Crippen LogP contribution in [0.1, 0.15) is 37.4 Å². The summed E-state index contributed by atoms with van der Waals surface area (Å²) in [5.41, 5.74) is 1.50. The number of ether oxygens (including phenoxy) is 1. The van der Waals surface area contributed by atoms with Crippen molar-refractivity contribution >= 4 is 21.6 Å². The van der Waals surface area contributed by atoms with Crippen LogP contribution in [0.3, 0.4) is 0 Å². The molecule has 1 heterocycles. The lowest BCUT2D eigenvalue weighted by molar-refractivity contribution is -0.120. The molecule has 156 valence electrons. The van der Waals surface area contributed by atoms with Gasteiger partial charge in [-0.05, 0) is 45.0 Å². The number of hydrogen-bond donors (Lipinski definition) is 1. The third kappa shape index (κ3) is 5.06. The number of rotatable bonds is 5. The number of fused-ring (bicyclic) bond motifs is 1. The van der Waals surface area contributed by atoms with Gasteiger partial charge in [0.05, 0.1) is 18.0 Å². The average molecular weight is 421 g/mol. The number of benzene rings is 2. The zero-order chi connectivity index (χ0) is 21.4. The number of carbonyl (C=O) groups is 1. The minimum atomic E-state index is -3.78. The van der Waals surface area contributed by atoms with E-state index in [2.05, 4.69) is 5.32 Å². The summed E-state index contributed by atoms with van der Waals surface area (Å²) in [7, 11) is -3.78. The molecule has 2 aromatic carbocycles. The molecule has 0 spiro atoms. The number of anilines is 1. The maximum absolute atomic E-state index is 13.6. The van der Waals surface area contributed by atoms with Gasteiger partial charge in [-0.3, -0.25) is 9.10 Å². The van der Waals surface area contributed by atoms with Crippen molar-refractivity contribution in [2.45, 2.75) is 38.8 Å². The van der Waals surface area contributed by atoms with Gasteiger partial charge in [0.1, 0.15) is 23.7 Å². The number of hydrogen-bond acceptors (Lipinski definition) is 4. The molecule has 0 unspecified atom stereocenters. The van der Waals surface area contributed by atoms with E-state index in [1.807, 2.05) is 39.0 Å². The molecule has 0 bridgehead atoms. The van der Waals surface area contributed by atoms with Gasteiger partial charge in [0, 0.05) is 12.0 Å². The van der Waals surface area contributed by atoms with E-state index in [0.29, 0.717) is 12.2 Å². The third-order valence-corrected chi connectivity index (χ3v) is 5.88. The topological polar surface area (TPSA) is 75.7 Å². The molecule has 0 saturated heterocycles. The van der Waals surface area contributed by atoms with E-state index in [1.54, 1.807) is 0 Å². The quantitative estimate of drug-likeness (QED) is 0.805. The Balaban J connectivity index is 1.85. The number of sulfonamides is 1. The summed E-state index contributed by atoms with van der Waals surface area (Å²) in [6.07, 6.45) is 1.52. The number of carbonyl (C=O) groups excluding carboxylic acids is 1. The standard InChI is InChI=1S/C21H25FN2O4S/c1-14-8-9-19-17(10-14)18(12-21(2,3)28-19)23-20(25)13-24(29(4,26)27)16-7-5-6-15(22)11-16/h5-11,18H,12-13H2,1-4H3,(H,23,25)/t18-/m1/s1. The van der Waals surface area contributed by atoms with Gasteiger partial charge in [0.2, 0.25) is 15.9 Å². The number of nitrogens with zero attached hydrogens (tertiary/aromatic N) is 1. The van der Waals surface area contributed by atoms with Crippen LogP contribution < -0.4 is 14.4 Å². The van der Waals surface area contributed by atoms with Gasteiger partial charge >= 0.3 is 0 Å². The first-order chi connectivity index (χ1) is 13.4. The fourth-order valence-corrected chi connectivity index (χ4v) is 4.35. The Morgan fingerprint density at radius 3 is 2.66 bits per heavy atom. The number of nitrogens with one attached hydrogen (secondary N) is 1. The van der Waals surface area contributed by atoms with Crippen molar-refractivity contribution in [3.05, 3.63) is 59.4 Å². The van der Waals surface area contributed by atoms with Crippen molar-refractivity contribution in [2.24, 2.45) is 0 Å². The van der Waals surface area contributed by atoms with Crippen LogP contribution in [0, 0.1) is 12.7 Å². The molecule has 0 radical (unpaired) electrons. The molecule has 0 saturated carbocycles. The largest absolute Gasteiger partial charge is 0.487 e. The maximum Gasteiger partial charge on any atom is 0.241 e. The van der Waals surface area contributed by atoms with Crippen LogP contribution in [0.5, 0.6) is 5.75 Å². The smallest absolute Gasteiger partial charge is 0.241 e. The summed E-state index contributed by atoms with van der Waals surface area (Å²) in [6, 6.07) is 10.6. The zero-order valence-corrected chi connectivity index (χ0v) is 17.7. The Morgan fingerprint density at radius 1 is 1.28 bits per heavy atom. The van der Waals surface area contributed by atoms with Gasteiger partial charge in [-0.25, -0.2) is 12.8 Å². The third-order valence-electron chi connectivity index (χ3n) is 4.74. The molecular formula is C21H25FN2O4S. The lowest BCUT2D eigenvalue weighted by Crippen LogP contribution is -2.45. The monoisotopic (exact) mass is 420 g/mol. The molecule has 1 N–H and O–H groups in total. The second-order valence-corrected chi connectivity index (χ2v) is 9.88. The zero-order valence-electron chi connectivity index (χ0n) is 16.9.